The van der Waals surface area contributed by atoms with Crippen molar-refractivity contribution in [2.24, 2.45) is 4.99 Å². The van der Waals surface area contributed by atoms with Crippen LogP contribution in [0.1, 0.15) is 5.01 Å². The van der Waals surface area contributed by atoms with Gasteiger partial charge in [0, 0.05) is 23.2 Å². The van der Waals surface area contributed by atoms with Crippen LogP contribution in [0.4, 0.5) is 0 Å². The zero-order chi connectivity index (χ0) is 7.68. The van der Waals surface area contributed by atoms with Crippen molar-refractivity contribution in [2.75, 3.05) is 0 Å². The third-order valence-corrected chi connectivity index (χ3v) is 3.14. The quantitative estimate of drug-likeness (QED) is 0.656. The average molecular weight is 184 g/mol. The van der Waals surface area contributed by atoms with E-state index >= 15 is 0 Å². The van der Waals surface area contributed by atoms with Gasteiger partial charge < -0.3 is 0 Å². The largest absolute Gasteiger partial charge is 0.248 e. The number of aliphatic imine (C=N–C) groups is 1. The highest BCUT2D eigenvalue weighted by Gasteiger charge is 2.14. The van der Waals surface area contributed by atoms with Gasteiger partial charge >= 0.3 is 0 Å². The van der Waals surface area contributed by atoms with Crippen LogP contribution in [0.5, 0.6) is 0 Å². The van der Waals surface area contributed by atoms with Crippen LogP contribution in [-0.4, -0.2) is 14.2 Å². The van der Waals surface area contributed by atoms with Gasteiger partial charge in [0.15, 0.2) is 10.1 Å². The first kappa shape index (κ1) is 6.87. The molecule has 5 heteroatoms. The molecule has 1 aliphatic heterocycles. The van der Waals surface area contributed by atoms with Gasteiger partial charge in [-0.15, -0.1) is 11.3 Å². The zero-order valence-corrected chi connectivity index (χ0v) is 7.06. The Balaban J connectivity index is 2.40. The summed E-state index contributed by atoms with van der Waals surface area (Å²) in [5.41, 5.74) is 0. The van der Waals surface area contributed by atoms with Crippen LogP contribution < -0.4 is 0 Å². The minimum Gasteiger partial charge on any atom is -0.248 e. The van der Waals surface area contributed by atoms with Crippen molar-refractivity contribution >= 4 is 27.2 Å². The number of nitrogens with zero attached hydrogens (tertiary/aromatic N) is 2. The molecule has 1 aromatic heterocycles. The van der Waals surface area contributed by atoms with Crippen molar-refractivity contribution in [2.45, 2.75) is 0 Å². The molecule has 0 fully saturated rings. The molecule has 2 heterocycles. The molecular weight excluding hydrogens is 180 g/mol. The second-order valence-electron chi connectivity index (χ2n) is 1.85. The van der Waals surface area contributed by atoms with E-state index in [4.69, 9.17) is 0 Å². The lowest BCUT2D eigenvalue weighted by Crippen LogP contribution is -2.01. The van der Waals surface area contributed by atoms with Gasteiger partial charge in [0.2, 0.25) is 0 Å². The fraction of sp³-hybridized carbons (Fsp3) is 0. The summed E-state index contributed by atoms with van der Waals surface area (Å²) >= 11 is 1.45. The molecule has 0 bridgehead atoms. The van der Waals surface area contributed by atoms with E-state index in [9.17, 15) is 4.21 Å². The van der Waals surface area contributed by atoms with Gasteiger partial charge in [-0.3, -0.25) is 0 Å². The molecule has 0 N–H and O–H groups in total. The van der Waals surface area contributed by atoms with E-state index in [1.807, 2.05) is 5.38 Å². The van der Waals surface area contributed by atoms with Crippen LogP contribution >= 0.6 is 11.3 Å². The maximum absolute atomic E-state index is 11.1. The maximum atomic E-state index is 11.1. The van der Waals surface area contributed by atoms with Crippen LogP contribution in [0, 0.1) is 0 Å². The minimum absolute atomic E-state index is 0.569. The number of aromatic nitrogens is 1. The van der Waals surface area contributed by atoms with E-state index in [-0.39, 0.29) is 0 Å². The molecule has 56 valence electrons. The monoisotopic (exact) mass is 184 g/mol. The first-order chi connectivity index (χ1) is 5.38. The van der Waals surface area contributed by atoms with Gasteiger partial charge in [-0.1, -0.05) is 0 Å². The summed E-state index contributed by atoms with van der Waals surface area (Å²) in [4.78, 5) is 7.95. The molecule has 1 aromatic rings. The molecule has 1 unspecified atom stereocenters. The summed E-state index contributed by atoms with van der Waals surface area (Å²) in [6.07, 6.45) is 3.23. The Kier molecular flexibility index (Phi) is 1.67. The summed E-state index contributed by atoms with van der Waals surface area (Å²) in [5, 5.41) is 4.71. The second-order valence-corrected chi connectivity index (χ2v) is 4.00. The number of hydrogen-bond donors (Lipinski definition) is 0. The van der Waals surface area contributed by atoms with E-state index < -0.39 is 10.8 Å². The lowest BCUT2D eigenvalue weighted by molar-refractivity contribution is 0.695. The minimum atomic E-state index is -1.07. The topological polar surface area (TPSA) is 42.3 Å². The summed E-state index contributed by atoms with van der Waals surface area (Å²) in [6, 6.07) is 0. The van der Waals surface area contributed by atoms with Crippen LogP contribution in [0.25, 0.3) is 0 Å². The highest BCUT2D eigenvalue weighted by Crippen LogP contribution is 2.13. The van der Waals surface area contributed by atoms with Crippen molar-refractivity contribution in [1.29, 1.82) is 0 Å². The molecule has 0 aliphatic carbocycles. The van der Waals surface area contributed by atoms with E-state index in [0.29, 0.717) is 5.04 Å². The van der Waals surface area contributed by atoms with Crippen LogP contribution in [0.15, 0.2) is 28.2 Å². The maximum Gasteiger partial charge on any atom is 0.167 e. The van der Waals surface area contributed by atoms with Crippen molar-refractivity contribution in [3.8, 4) is 0 Å². The molecule has 3 nitrogen and oxygen atoms in total. The Hall–Kier alpha value is -0.810. The summed E-state index contributed by atoms with van der Waals surface area (Å²) in [5.74, 6) is 0. The lowest BCUT2D eigenvalue weighted by Gasteiger charge is -1.89. The average Bonchev–Trinajstić information content (AvgIpc) is 2.55. The Morgan fingerprint density at radius 1 is 1.55 bits per heavy atom. The van der Waals surface area contributed by atoms with E-state index in [0.717, 1.165) is 5.01 Å². The highest BCUT2D eigenvalue weighted by molar-refractivity contribution is 8.04. The fourth-order valence-corrected chi connectivity index (χ4v) is 2.35. The van der Waals surface area contributed by atoms with Crippen molar-refractivity contribution in [3.05, 3.63) is 28.2 Å². The van der Waals surface area contributed by atoms with Gasteiger partial charge in [-0.2, -0.15) is 0 Å². The van der Waals surface area contributed by atoms with E-state index in [2.05, 4.69) is 9.98 Å². The molecule has 1 aliphatic rings. The van der Waals surface area contributed by atoms with Gasteiger partial charge in [0.05, 0.1) is 0 Å². The SMILES string of the molecule is O=S1C=CN=C1c1nccs1. The van der Waals surface area contributed by atoms with Gasteiger partial charge in [-0.25, -0.2) is 14.2 Å². The molecule has 0 saturated heterocycles. The first-order valence-electron chi connectivity index (χ1n) is 2.93. The first-order valence-corrected chi connectivity index (χ1v) is 5.02. The second kappa shape index (κ2) is 2.67. The molecule has 0 amide bonds. The van der Waals surface area contributed by atoms with Crippen molar-refractivity contribution < 1.29 is 4.21 Å². The van der Waals surface area contributed by atoms with Crippen LogP contribution in [-0.2, 0) is 10.8 Å². The Labute approximate surface area is 70.0 Å². The molecule has 0 spiro atoms. The Morgan fingerprint density at radius 2 is 2.45 bits per heavy atom. The zero-order valence-electron chi connectivity index (χ0n) is 5.43. The number of hydrogen-bond acceptors (Lipinski definition) is 4. The third kappa shape index (κ3) is 1.17. The predicted molar refractivity (Wildman–Crippen MR) is 45.9 cm³/mol. The summed E-state index contributed by atoms with van der Waals surface area (Å²) < 4.78 is 11.1. The fourth-order valence-electron chi connectivity index (χ4n) is 0.740. The summed E-state index contributed by atoms with van der Waals surface area (Å²) in [7, 11) is -1.07. The molecule has 0 radical (unpaired) electrons. The normalized spacial score (nSPS) is 22.2. The van der Waals surface area contributed by atoms with Crippen LogP contribution in [0.2, 0.25) is 0 Å². The molecule has 2 rings (SSSR count). The van der Waals surface area contributed by atoms with E-state index in [1.54, 1.807) is 17.8 Å². The predicted octanol–water partition coefficient (Wildman–Crippen LogP) is 1.12. The van der Waals surface area contributed by atoms with Crippen molar-refractivity contribution in [3.63, 3.8) is 0 Å². The summed E-state index contributed by atoms with van der Waals surface area (Å²) in [6.45, 7) is 0. The Morgan fingerprint density at radius 3 is 3.00 bits per heavy atom. The number of rotatable bonds is 1. The molecule has 1 atom stereocenters. The Bertz CT molecular complexity index is 339. The van der Waals surface area contributed by atoms with Crippen molar-refractivity contribution in [1.82, 2.24) is 4.98 Å². The smallest absolute Gasteiger partial charge is 0.167 e. The highest BCUT2D eigenvalue weighted by atomic mass is 32.2. The number of thiazole rings is 1. The molecule has 0 saturated carbocycles. The van der Waals surface area contributed by atoms with Gasteiger partial charge in [-0.05, 0) is 0 Å². The third-order valence-electron chi connectivity index (χ3n) is 1.18. The van der Waals surface area contributed by atoms with Gasteiger partial charge in [0.25, 0.3) is 0 Å². The molecule has 11 heavy (non-hydrogen) atoms. The lowest BCUT2D eigenvalue weighted by atomic mass is 10.7. The van der Waals surface area contributed by atoms with Gasteiger partial charge in [0.1, 0.15) is 10.8 Å². The van der Waals surface area contributed by atoms with E-state index in [1.165, 1.54) is 11.3 Å². The molecule has 0 aromatic carbocycles. The molecular formula is C6H4N2OS2. The standard InChI is InChI=1S/C6H4N2OS2/c9-11-4-2-8-6(11)5-7-1-3-10-5/h1-4H. The van der Waals surface area contributed by atoms with Crippen LogP contribution in [0.3, 0.4) is 0 Å².